The van der Waals surface area contributed by atoms with Crippen LogP contribution in [0.2, 0.25) is 5.02 Å². The van der Waals surface area contributed by atoms with Gasteiger partial charge in [0.15, 0.2) is 11.5 Å². The molecule has 130 valence electrons. The van der Waals surface area contributed by atoms with Crippen LogP contribution in [0.15, 0.2) is 60.9 Å². The van der Waals surface area contributed by atoms with Crippen LogP contribution in [0.3, 0.4) is 0 Å². The number of carbonyl (C=O) groups excluding carboxylic acids is 1. The molecule has 0 radical (unpaired) electrons. The number of anilines is 1. The number of rotatable bonds is 4. The Balaban J connectivity index is 1.52. The third kappa shape index (κ3) is 3.27. The first-order valence-electron chi connectivity index (χ1n) is 7.88. The van der Waals surface area contributed by atoms with Gasteiger partial charge in [-0.2, -0.15) is 5.10 Å². The molecule has 1 aromatic heterocycles. The molecule has 1 aliphatic heterocycles. The largest absolute Gasteiger partial charge is 0.454 e. The van der Waals surface area contributed by atoms with Crippen LogP contribution in [0.5, 0.6) is 11.5 Å². The summed E-state index contributed by atoms with van der Waals surface area (Å²) in [6.07, 6.45) is 6.60. The van der Waals surface area contributed by atoms with E-state index in [4.69, 9.17) is 21.1 Å². The highest BCUT2D eigenvalue weighted by atomic mass is 35.5. The molecule has 0 saturated carbocycles. The van der Waals surface area contributed by atoms with Crippen LogP contribution in [-0.4, -0.2) is 22.5 Å². The molecule has 7 heteroatoms. The number of aromatic nitrogens is 2. The topological polar surface area (TPSA) is 65.4 Å². The number of fused-ring (bicyclic) bond motifs is 1. The van der Waals surface area contributed by atoms with Gasteiger partial charge in [-0.25, -0.2) is 4.68 Å². The molecule has 2 aromatic carbocycles. The average Bonchev–Trinajstić information content (AvgIpc) is 3.32. The molecular weight excluding hydrogens is 354 g/mol. The molecule has 2 heterocycles. The van der Waals surface area contributed by atoms with E-state index in [1.165, 1.54) is 6.08 Å². The first-order chi connectivity index (χ1) is 12.7. The van der Waals surface area contributed by atoms with Gasteiger partial charge in [0.2, 0.25) is 12.7 Å². The molecule has 0 atom stereocenters. The van der Waals surface area contributed by atoms with Gasteiger partial charge in [-0.3, -0.25) is 4.79 Å². The lowest BCUT2D eigenvalue weighted by Crippen LogP contribution is -2.10. The van der Waals surface area contributed by atoms with E-state index in [1.54, 1.807) is 29.1 Å². The normalized spacial score (nSPS) is 12.5. The fourth-order valence-corrected chi connectivity index (χ4v) is 2.89. The van der Waals surface area contributed by atoms with Crippen molar-refractivity contribution in [2.24, 2.45) is 0 Å². The van der Waals surface area contributed by atoms with Crippen molar-refractivity contribution in [1.29, 1.82) is 0 Å². The molecule has 0 spiro atoms. The average molecular weight is 368 g/mol. The minimum Gasteiger partial charge on any atom is -0.454 e. The van der Waals surface area contributed by atoms with Crippen LogP contribution in [0.1, 0.15) is 5.56 Å². The van der Waals surface area contributed by atoms with Gasteiger partial charge in [-0.15, -0.1) is 0 Å². The molecule has 1 amide bonds. The molecule has 1 aliphatic rings. The molecule has 0 aliphatic carbocycles. The second-order valence-electron chi connectivity index (χ2n) is 5.53. The van der Waals surface area contributed by atoms with Gasteiger partial charge in [-0.05, 0) is 42.0 Å². The molecule has 1 N–H and O–H groups in total. The Morgan fingerprint density at radius 1 is 1.23 bits per heavy atom. The molecule has 4 rings (SSSR count). The summed E-state index contributed by atoms with van der Waals surface area (Å²) in [5.74, 6) is 0.835. The fraction of sp³-hybridized carbons (Fsp3) is 0.0526. The van der Waals surface area contributed by atoms with Gasteiger partial charge < -0.3 is 14.8 Å². The Kier molecular flexibility index (Phi) is 4.33. The monoisotopic (exact) mass is 367 g/mol. The van der Waals surface area contributed by atoms with E-state index >= 15 is 0 Å². The maximum absolute atomic E-state index is 12.3. The second-order valence-corrected chi connectivity index (χ2v) is 5.93. The predicted molar refractivity (Wildman–Crippen MR) is 98.8 cm³/mol. The minimum atomic E-state index is -0.265. The maximum atomic E-state index is 12.3. The van der Waals surface area contributed by atoms with Crippen LogP contribution in [0, 0.1) is 0 Å². The standard InChI is InChI=1S/C19H14ClN3O3/c20-14-10-13(11-17-19(14)26-12-25-17)6-7-18(24)22-15-4-1-2-5-16(15)23-9-3-8-21-23/h1-11H,12H2,(H,22,24)/b7-6+. The van der Waals surface area contributed by atoms with Gasteiger partial charge >= 0.3 is 0 Å². The zero-order chi connectivity index (χ0) is 17.9. The van der Waals surface area contributed by atoms with Gasteiger partial charge in [0.1, 0.15) is 0 Å². The van der Waals surface area contributed by atoms with Crippen molar-refractivity contribution in [1.82, 2.24) is 9.78 Å². The van der Waals surface area contributed by atoms with Crippen LogP contribution < -0.4 is 14.8 Å². The van der Waals surface area contributed by atoms with Crippen molar-refractivity contribution in [3.05, 3.63) is 71.5 Å². The van der Waals surface area contributed by atoms with Crippen molar-refractivity contribution < 1.29 is 14.3 Å². The summed E-state index contributed by atoms with van der Waals surface area (Å²) in [6.45, 7) is 0.146. The summed E-state index contributed by atoms with van der Waals surface area (Å²) < 4.78 is 12.3. The van der Waals surface area contributed by atoms with Crippen molar-refractivity contribution in [3.8, 4) is 17.2 Å². The highest BCUT2D eigenvalue weighted by Crippen LogP contribution is 2.40. The molecule has 0 saturated heterocycles. The van der Waals surface area contributed by atoms with E-state index < -0.39 is 0 Å². The molecule has 6 nitrogen and oxygen atoms in total. The first kappa shape index (κ1) is 16.2. The first-order valence-corrected chi connectivity index (χ1v) is 8.26. The van der Waals surface area contributed by atoms with E-state index in [1.807, 2.05) is 36.5 Å². The van der Waals surface area contributed by atoms with E-state index in [9.17, 15) is 4.79 Å². The zero-order valence-corrected chi connectivity index (χ0v) is 14.3. The Labute approximate surface area is 154 Å². The highest BCUT2D eigenvalue weighted by molar-refractivity contribution is 6.32. The number of halogens is 1. The predicted octanol–water partition coefficient (Wildman–Crippen LogP) is 3.91. The van der Waals surface area contributed by atoms with Crippen LogP contribution in [-0.2, 0) is 4.79 Å². The zero-order valence-electron chi connectivity index (χ0n) is 13.6. The number of amides is 1. The number of benzene rings is 2. The van der Waals surface area contributed by atoms with Crippen LogP contribution in [0.4, 0.5) is 5.69 Å². The second kappa shape index (κ2) is 6.93. The lowest BCUT2D eigenvalue weighted by Gasteiger charge is -2.09. The summed E-state index contributed by atoms with van der Waals surface area (Å²) >= 11 is 6.15. The van der Waals surface area contributed by atoms with Crippen LogP contribution in [0.25, 0.3) is 11.8 Å². The number of para-hydroxylation sites is 2. The van der Waals surface area contributed by atoms with Crippen molar-refractivity contribution in [2.75, 3.05) is 12.1 Å². The van der Waals surface area contributed by atoms with Gasteiger partial charge in [0.25, 0.3) is 0 Å². The number of hydrogen-bond donors (Lipinski definition) is 1. The fourth-order valence-electron chi connectivity index (χ4n) is 2.62. The Bertz CT molecular complexity index is 984. The Morgan fingerprint density at radius 3 is 2.96 bits per heavy atom. The van der Waals surface area contributed by atoms with Gasteiger partial charge in [0.05, 0.1) is 16.4 Å². The van der Waals surface area contributed by atoms with E-state index in [0.717, 1.165) is 11.3 Å². The molecule has 26 heavy (non-hydrogen) atoms. The minimum absolute atomic E-state index is 0.146. The van der Waals surface area contributed by atoms with Crippen molar-refractivity contribution >= 4 is 29.3 Å². The summed E-state index contributed by atoms with van der Waals surface area (Å²) in [7, 11) is 0. The van der Waals surface area contributed by atoms with Crippen molar-refractivity contribution in [2.45, 2.75) is 0 Å². The quantitative estimate of drug-likeness (QED) is 0.710. The lowest BCUT2D eigenvalue weighted by atomic mass is 10.2. The smallest absolute Gasteiger partial charge is 0.248 e. The number of ether oxygens (including phenoxy) is 2. The summed E-state index contributed by atoms with van der Waals surface area (Å²) in [6, 6.07) is 12.7. The molecular formula is C19H14ClN3O3. The third-order valence-corrected chi connectivity index (χ3v) is 4.07. The molecule has 0 unspecified atom stereocenters. The third-order valence-electron chi connectivity index (χ3n) is 3.79. The Morgan fingerprint density at radius 2 is 2.12 bits per heavy atom. The number of nitrogens with one attached hydrogen (secondary N) is 1. The summed E-state index contributed by atoms with van der Waals surface area (Å²) in [4.78, 5) is 12.3. The van der Waals surface area contributed by atoms with E-state index in [2.05, 4.69) is 10.4 Å². The summed E-state index contributed by atoms with van der Waals surface area (Å²) in [5.41, 5.74) is 2.19. The van der Waals surface area contributed by atoms with Gasteiger partial charge in [0, 0.05) is 18.5 Å². The maximum Gasteiger partial charge on any atom is 0.248 e. The molecule has 0 bridgehead atoms. The number of nitrogens with zero attached hydrogens (tertiary/aromatic N) is 2. The van der Waals surface area contributed by atoms with Gasteiger partial charge in [-0.1, -0.05) is 23.7 Å². The van der Waals surface area contributed by atoms with E-state index in [-0.39, 0.29) is 12.7 Å². The molecule has 0 fully saturated rings. The highest BCUT2D eigenvalue weighted by Gasteiger charge is 2.17. The number of hydrogen-bond acceptors (Lipinski definition) is 4. The lowest BCUT2D eigenvalue weighted by molar-refractivity contribution is -0.111. The Hall–Kier alpha value is -3.25. The van der Waals surface area contributed by atoms with E-state index in [0.29, 0.717) is 22.2 Å². The SMILES string of the molecule is O=C(/C=C/c1cc(Cl)c2c(c1)OCO2)Nc1ccccc1-n1cccn1. The van der Waals surface area contributed by atoms with Crippen molar-refractivity contribution in [3.63, 3.8) is 0 Å². The summed E-state index contributed by atoms with van der Waals surface area (Å²) in [5, 5.41) is 7.51. The van der Waals surface area contributed by atoms with Crippen LogP contribution >= 0.6 is 11.6 Å². The molecule has 3 aromatic rings. The number of carbonyl (C=O) groups is 1.